The van der Waals surface area contributed by atoms with Crippen LogP contribution in [0.15, 0.2) is 16.6 Å². The first-order valence-electron chi connectivity index (χ1n) is 5.09. The molecule has 0 amide bonds. The standard InChI is InChI=1S/C10H12BrFO.C2H6/c1-6(2)7-4-8(11)10(13-3)5-9(7)12;1-2/h4-6H,1-3H3;1-2H3. The Kier molecular flexibility index (Phi) is 6.57. The first kappa shape index (κ1) is 14.4. The van der Waals surface area contributed by atoms with Crippen molar-refractivity contribution in [2.24, 2.45) is 0 Å². The van der Waals surface area contributed by atoms with Crippen LogP contribution in [-0.4, -0.2) is 7.11 Å². The zero-order valence-corrected chi connectivity index (χ0v) is 11.5. The third-order valence-electron chi connectivity index (χ3n) is 1.89. The monoisotopic (exact) mass is 276 g/mol. The summed E-state index contributed by atoms with van der Waals surface area (Å²) in [4.78, 5) is 0. The molecule has 1 aromatic rings. The summed E-state index contributed by atoms with van der Waals surface area (Å²) in [6, 6.07) is 3.16. The third kappa shape index (κ3) is 3.82. The summed E-state index contributed by atoms with van der Waals surface area (Å²) < 4.78 is 19.1. The highest BCUT2D eigenvalue weighted by Gasteiger charge is 2.10. The van der Waals surface area contributed by atoms with Gasteiger partial charge in [-0.1, -0.05) is 27.7 Å². The number of hydrogen-bond donors (Lipinski definition) is 0. The summed E-state index contributed by atoms with van der Waals surface area (Å²) in [6.07, 6.45) is 0. The van der Waals surface area contributed by atoms with Crippen LogP contribution in [0.1, 0.15) is 39.2 Å². The van der Waals surface area contributed by atoms with Crippen LogP contribution in [0.25, 0.3) is 0 Å². The highest BCUT2D eigenvalue weighted by atomic mass is 79.9. The quantitative estimate of drug-likeness (QED) is 0.758. The van der Waals surface area contributed by atoms with Crippen molar-refractivity contribution < 1.29 is 9.13 Å². The fraction of sp³-hybridized carbons (Fsp3) is 0.500. The predicted octanol–water partition coefficient (Wildman–Crippen LogP) is 4.75. The molecule has 0 bridgehead atoms. The van der Waals surface area contributed by atoms with Gasteiger partial charge in [-0.2, -0.15) is 0 Å². The van der Waals surface area contributed by atoms with E-state index in [0.717, 1.165) is 4.47 Å². The molecule has 1 rings (SSSR count). The van der Waals surface area contributed by atoms with E-state index in [9.17, 15) is 4.39 Å². The van der Waals surface area contributed by atoms with Crippen molar-refractivity contribution in [3.05, 3.63) is 28.0 Å². The summed E-state index contributed by atoms with van der Waals surface area (Å²) in [7, 11) is 1.52. The molecule has 1 nitrogen and oxygen atoms in total. The van der Waals surface area contributed by atoms with Crippen LogP contribution in [0.5, 0.6) is 5.75 Å². The zero-order chi connectivity index (χ0) is 12.0. The highest BCUT2D eigenvalue weighted by molar-refractivity contribution is 9.10. The van der Waals surface area contributed by atoms with Crippen LogP contribution in [0.3, 0.4) is 0 Å². The highest BCUT2D eigenvalue weighted by Crippen LogP contribution is 2.30. The first-order valence-corrected chi connectivity index (χ1v) is 5.88. The Morgan fingerprint density at radius 3 is 2.20 bits per heavy atom. The van der Waals surface area contributed by atoms with Gasteiger partial charge in [0, 0.05) is 6.07 Å². The molecule has 0 aromatic heterocycles. The van der Waals surface area contributed by atoms with Crippen molar-refractivity contribution in [1.29, 1.82) is 0 Å². The van der Waals surface area contributed by atoms with Gasteiger partial charge in [0.2, 0.25) is 0 Å². The van der Waals surface area contributed by atoms with Crippen molar-refractivity contribution >= 4 is 15.9 Å². The molecule has 0 radical (unpaired) electrons. The minimum Gasteiger partial charge on any atom is -0.495 e. The Morgan fingerprint density at radius 2 is 1.80 bits per heavy atom. The molecule has 0 fully saturated rings. The molecule has 86 valence electrons. The van der Waals surface area contributed by atoms with Gasteiger partial charge in [0.1, 0.15) is 11.6 Å². The molecule has 0 aliphatic rings. The minimum absolute atomic E-state index is 0.183. The summed E-state index contributed by atoms with van der Waals surface area (Å²) >= 11 is 3.32. The van der Waals surface area contributed by atoms with Gasteiger partial charge >= 0.3 is 0 Å². The third-order valence-corrected chi connectivity index (χ3v) is 2.51. The fourth-order valence-corrected chi connectivity index (χ4v) is 1.67. The van der Waals surface area contributed by atoms with Gasteiger partial charge in [-0.05, 0) is 33.5 Å². The van der Waals surface area contributed by atoms with Crippen molar-refractivity contribution in [3.63, 3.8) is 0 Å². The van der Waals surface area contributed by atoms with Crippen LogP contribution in [0.2, 0.25) is 0 Å². The van der Waals surface area contributed by atoms with Crippen molar-refractivity contribution in [2.75, 3.05) is 7.11 Å². The number of halogens is 2. The van der Waals surface area contributed by atoms with Gasteiger partial charge in [0.15, 0.2) is 0 Å². The SMILES string of the molecule is CC.COc1cc(F)c(C(C)C)cc1Br. The van der Waals surface area contributed by atoms with Crippen LogP contribution in [-0.2, 0) is 0 Å². The zero-order valence-electron chi connectivity index (χ0n) is 9.90. The topological polar surface area (TPSA) is 9.23 Å². The average Bonchev–Trinajstić information content (AvgIpc) is 2.23. The van der Waals surface area contributed by atoms with Gasteiger partial charge in [-0.25, -0.2) is 4.39 Å². The predicted molar refractivity (Wildman–Crippen MR) is 66.1 cm³/mol. The molecule has 0 saturated heterocycles. The number of ether oxygens (including phenoxy) is 1. The Labute approximate surface area is 99.8 Å². The largest absolute Gasteiger partial charge is 0.495 e. The molecule has 0 saturated carbocycles. The van der Waals surface area contributed by atoms with Gasteiger partial charge in [0.05, 0.1) is 11.6 Å². The van der Waals surface area contributed by atoms with Crippen molar-refractivity contribution in [1.82, 2.24) is 0 Å². The first-order chi connectivity index (χ1) is 7.06. The maximum absolute atomic E-state index is 13.4. The van der Waals surface area contributed by atoms with Gasteiger partial charge < -0.3 is 4.74 Å². The average molecular weight is 277 g/mol. The van der Waals surface area contributed by atoms with E-state index in [4.69, 9.17) is 4.74 Å². The van der Waals surface area contributed by atoms with Crippen molar-refractivity contribution in [3.8, 4) is 5.75 Å². The van der Waals surface area contributed by atoms with E-state index >= 15 is 0 Å². The smallest absolute Gasteiger partial charge is 0.135 e. The lowest BCUT2D eigenvalue weighted by Crippen LogP contribution is -1.95. The lowest BCUT2D eigenvalue weighted by molar-refractivity contribution is 0.407. The van der Waals surface area contributed by atoms with E-state index in [0.29, 0.717) is 11.3 Å². The summed E-state index contributed by atoms with van der Waals surface area (Å²) in [5.41, 5.74) is 0.702. The second-order valence-electron chi connectivity index (χ2n) is 3.16. The molecule has 3 heteroatoms. The Hall–Kier alpha value is -0.570. The minimum atomic E-state index is -0.213. The molecule has 15 heavy (non-hydrogen) atoms. The van der Waals surface area contributed by atoms with E-state index in [2.05, 4.69) is 15.9 Å². The molecule has 0 spiro atoms. The Balaban J connectivity index is 0.000000921. The maximum Gasteiger partial charge on any atom is 0.135 e. The number of rotatable bonds is 2. The van der Waals surface area contributed by atoms with Gasteiger partial charge in [0.25, 0.3) is 0 Å². The molecule has 1 aromatic carbocycles. The van der Waals surface area contributed by atoms with Crippen molar-refractivity contribution in [2.45, 2.75) is 33.6 Å². The molecule has 0 unspecified atom stereocenters. The molecule has 0 heterocycles. The van der Waals surface area contributed by atoms with Crippen LogP contribution in [0.4, 0.5) is 4.39 Å². The molecular weight excluding hydrogens is 259 g/mol. The summed E-state index contributed by atoms with van der Waals surface area (Å²) in [6.45, 7) is 7.91. The summed E-state index contributed by atoms with van der Waals surface area (Å²) in [5.74, 6) is 0.499. The van der Waals surface area contributed by atoms with E-state index in [1.165, 1.54) is 13.2 Å². The van der Waals surface area contributed by atoms with E-state index in [-0.39, 0.29) is 11.7 Å². The van der Waals surface area contributed by atoms with Crippen LogP contribution < -0.4 is 4.74 Å². The number of hydrogen-bond acceptors (Lipinski definition) is 1. The molecule has 0 atom stereocenters. The number of benzene rings is 1. The van der Waals surface area contributed by atoms with E-state index in [1.54, 1.807) is 6.07 Å². The van der Waals surface area contributed by atoms with Gasteiger partial charge in [-0.15, -0.1) is 0 Å². The lowest BCUT2D eigenvalue weighted by Gasteiger charge is -2.10. The summed E-state index contributed by atoms with van der Waals surface area (Å²) in [5, 5.41) is 0. The Morgan fingerprint density at radius 1 is 1.27 bits per heavy atom. The van der Waals surface area contributed by atoms with Gasteiger partial charge in [-0.3, -0.25) is 0 Å². The van der Waals surface area contributed by atoms with E-state index < -0.39 is 0 Å². The normalized spacial score (nSPS) is 9.60. The maximum atomic E-state index is 13.4. The fourth-order valence-electron chi connectivity index (χ4n) is 1.14. The second-order valence-corrected chi connectivity index (χ2v) is 4.02. The lowest BCUT2D eigenvalue weighted by atomic mass is 10.0. The molecule has 0 aliphatic carbocycles. The van der Waals surface area contributed by atoms with Crippen LogP contribution in [0, 0.1) is 5.82 Å². The van der Waals surface area contributed by atoms with E-state index in [1.807, 2.05) is 27.7 Å². The van der Waals surface area contributed by atoms with Crippen LogP contribution >= 0.6 is 15.9 Å². The molecular formula is C12H18BrFO. The molecule has 0 aliphatic heterocycles. The Bertz CT molecular complexity index is 311. The molecule has 0 N–H and O–H groups in total. The number of methoxy groups -OCH3 is 1. The second kappa shape index (κ2) is 6.83.